The molecule has 4 nitrogen and oxygen atoms in total. The van der Waals surface area contributed by atoms with Crippen LogP contribution in [0.5, 0.6) is 5.75 Å². The Kier molecular flexibility index (Phi) is 3.85. The van der Waals surface area contributed by atoms with Gasteiger partial charge in [0.2, 0.25) is 0 Å². The first-order valence-corrected chi connectivity index (χ1v) is 8.69. The van der Waals surface area contributed by atoms with Gasteiger partial charge in [0.1, 0.15) is 5.75 Å². The van der Waals surface area contributed by atoms with Crippen molar-refractivity contribution >= 4 is 16.6 Å². The number of aryl methyl sites for hydroxylation is 1. The van der Waals surface area contributed by atoms with E-state index in [1.807, 2.05) is 6.07 Å². The number of hydrogen-bond donors (Lipinski definition) is 1. The third-order valence-electron chi connectivity index (χ3n) is 5.09. The average molecular weight is 333 g/mol. The van der Waals surface area contributed by atoms with Crippen LogP contribution in [0, 0.1) is 6.92 Å². The lowest BCUT2D eigenvalue weighted by Crippen LogP contribution is -2.15. The fourth-order valence-electron chi connectivity index (χ4n) is 3.67. The molecule has 1 aliphatic rings. The number of methoxy groups -OCH3 is 1. The van der Waals surface area contributed by atoms with Gasteiger partial charge in [0.15, 0.2) is 0 Å². The second kappa shape index (κ2) is 6.05. The number of rotatable bonds is 3. The number of pyridine rings is 1. The lowest BCUT2D eigenvalue weighted by atomic mass is 9.97. The number of hydrogen-bond acceptors (Lipinski definition) is 4. The number of fused-ring (bicyclic) bond motifs is 2. The first kappa shape index (κ1) is 15.9. The molecule has 2 aromatic carbocycles. The normalized spacial score (nSPS) is 14.0. The molecule has 2 heterocycles. The van der Waals surface area contributed by atoms with Crippen molar-refractivity contribution in [1.82, 2.24) is 9.88 Å². The number of para-hydroxylation sites is 1. The van der Waals surface area contributed by atoms with Gasteiger partial charge in [0.25, 0.3) is 0 Å². The van der Waals surface area contributed by atoms with E-state index in [0.717, 1.165) is 58.8 Å². The Balaban J connectivity index is 1.99. The molecular weight excluding hydrogens is 310 g/mol. The summed E-state index contributed by atoms with van der Waals surface area (Å²) in [5.41, 5.74) is 14.0. The molecule has 2 N–H and O–H groups in total. The number of benzene rings is 2. The van der Waals surface area contributed by atoms with Gasteiger partial charge in [-0.2, -0.15) is 0 Å². The number of ether oxygens (including phenoxy) is 1. The maximum Gasteiger partial charge on any atom is 0.126 e. The Bertz CT molecular complexity index is 965. The standard InChI is InChI=1S/C21H23N3O/c1-4-24-11-17-18(12-24)23-21-14(6-5-7-15(21)20(17)22)16-10-13(2)8-9-19(16)25-3/h5-10H,4,11-12H2,1-3H3,(H2,22,23). The van der Waals surface area contributed by atoms with E-state index in [2.05, 4.69) is 49.1 Å². The fraction of sp³-hybridized carbons (Fsp3) is 0.286. The van der Waals surface area contributed by atoms with Crippen LogP contribution < -0.4 is 10.5 Å². The van der Waals surface area contributed by atoms with Gasteiger partial charge in [0.05, 0.1) is 18.3 Å². The highest BCUT2D eigenvalue weighted by atomic mass is 16.5. The summed E-state index contributed by atoms with van der Waals surface area (Å²) in [6.45, 7) is 7.02. The third kappa shape index (κ3) is 2.53. The van der Waals surface area contributed by atoms with Crippen LogP contribution >= 0.6 is 0 Å². The van der Waals surface area contributed by atoms with Gasteiger partial charge >= 0.3 is 0 Å². The van der Waals surface area contributed by atoms with Crippen LogP contribution in [0.25, 0.3) is 22.0 Å². The molecule has 25 heavy (non-hydrogen) atoms. The molecule has 0 fully saturated rings. The minimum atomic E-state index is 0.856. The quantitative estimate of drug-likeness (QED) is 0.783. The van der Waals surface area contributed by atoms with Crippen molar-refractivity contribution < 1.29 is 4.74 Å². The zero-order chi connectivity index (χ0) is 17.6. The third-order valence-corrected chi connectivity index (χ3v) is 5.09. The van der Waals surface area contributed by atoms with Crippen LogP contribution in [0.15, 0.2) is 36.4 Å². The zero-order valence-corrected chi connectivity index (χ0v) is 15.0. The van der Waals surface area contributed by atoms with Crippen LogP contribution in [-0.4, -0.2) is 23.5 Å². The second-order valence-corrected chi connectivity index (χ2v) is 6.66. The Hall–Kier alpha value is -2.59. The molecule has 0 saturated carbocycles. The molecule has 128 valence electrons. The Morgan fingerprint density at radius 3 is 2.76 bits per heavy atom. The number of nitrogens with two attached hydrogens (primary N) is 1. The maximum absolute atomic E-state index is 6.54. The molecule has 1 aliphatic heterocycles. The topological polar surface area (TPSA) is 51.4 Å². The van der Waals surface area contributed by atoms with E-state index in [1.165, 1.54) is 11.1 Å². The smallest absolute Gasteiger partial charge is 0.126 e. The van der Waals surface area contributed by atoms with Crippen molar-refractivity contribution in [2.75, 3.05) is 19.4 Å². The van der Waals surface area contributed by atoms with Crippen LogP contribution in [0.4, 0.5) is 5.69 Å². The summed E-state index contributed by atoms with van der Waals surface area (Å²) in [5, 5.41) is 1.03. The molecule has 4 rings (SSSR count). The monoisotopic (exact) mass is 333 g/mol. The number of nitrogen functional groups attached to an aromatic ring is 1. The van der Waals surface area contributed by atoms with Crippen LogP contribution in [-0.2, 0) is 13.1 Å². The minimum absolute atomic E-state index is 0.856. The molecule has 0 amide bonds. The molecule has 0 aliphatic carbocycles. The molecule has 0 unspecified atom stereocenters. The summed E-state index contributed by atoms with van der Waals surface area (Å²) < 4.78 is 5.59. The first-order valence-electron chi connectivity index (χ1n) is 8.69. The molecule has 1 aromatic heterocycles. The maximum atomic E-state index is 6.54. The van der Waals surface area contributed by atoms with E-state index in [1.54, 1.807) is 7.11 Å². The highest BCUT2D eigenvalue weighted by molar-refractivity contribution is 6.02. The molecule has 0 saturated heterocycles. The van der Waals surface area contributed by atoms with Crippen molar-refractivity contribution in [2.24, 2.45) is 0 Å². The van der Waals surface area contributed by atoms with Crippen molar-refractivity contribution in [3.8, 4) is 16.9 Å². The Morgan fingerprint density at radius 1 is 1.16 bits per heavy atom. The lowest BCUT2D eigenvalue weighted by molar-refractivity contribution is 0.299. The second-order valence-electron chi connectivity index (χ2n) is 6.66. The van der Waals surface area contributed by atoms with Crippen LogP contribution in [0.3, 0.4) is 0 Å². The number of nitrogens with zero attached hydrogens (tertiary/aromatic N) is 2. The van der Waals surface area contributed by atoms with Crippen LogP contribution in [0.1, 0.15) is 23.7 Å². The van der Waals surface area contributed by atoms with Gasteiger partial charge in [-0.3, -0.25) is 9.88 Å². The van der Waals surface area contributed by atoms with E-state index in [-0.39, 0.29) is 0 Å². The van der Waals surface area contributed by atoms with Gasteiger partial charge in [-0.25, -0.2) is 0 Å². The lowest BCUT2D eigenvalue weighted by Gasteiger charge is -2.14. The molecule has 0 bridgehead atoms. The summed E-state index contributed by atoms with van der Waals surface area (Å²) in [7, 11) is 1.71. The zero-order valence-electron chi connectivity index (χ0n) is 15.0. The van der Waals surface area contributed by atoms with Crippen molar-refractivity contribution in [3.63, 3.8) is 0 Å². The fourth-order valence-corrected chi connectivity index (χ4v) is 3.67. The summed E-state index contributed by atoms with van der Waals surface area (Å²) in [6.07, 6.45) is 0. The molecular formula is C21H23N3O. The van der Waals surface area contributed by atoms with Crippen LogP contribution in [0.2, 0.25) is 0 Å². The highest BCUT2D eigenvalue weighted by Crippen LogP contribution is 2.39. The summed E-state index contributed by atoms with van der Waals surface area (Å²) >= 11 is 0. The Morgan fingerprint density at radius 2 is 2.00 bits per heavy atom. The van der Waals surface area contributed by atoms with Crippen molar-refractivity contribution in [1.29, 1.82) is 0 Å². The molecule has 0 atom stereocenters. The van der Waals surface area contributed by atoms with Gasteiger partial charge < -0.3 is 10.5 Å². The highest BCUT2D eigenvalue weighted by Gasteiger charge is 2.24. The van der Waals surface area contributed by atoms with Gasteiger partial charge in [0, 0.05) is 40.9 Å². The van der Waals surface area contributed by atoms with Gasteiger partial charge in [-0.15, -0.1) is 0 Å². The average Bonchev–Trinajstić information content (AvgIpc) is 3.05. The van der Waals surface area contributed by atoms with E-state index in [0.29, 0.717) is 0 Å². The minimum Gasteiger partial charge on any atom is -0.496 e. The van der Waals surface area contributed by atoms with Gasteiger partial charge in [-0.1, -0.05) is 36.8 Å². The molecule has 4 heteroatoms. The summed E-state index contributed by atoms with van der Waals surface area (Å²) in [5.74, 6) is 0.856. The summed E-state index contributed by atoms with van der Waals surface area (Å²) in [6, 6.07) is 12.4. The number of anilines is 1. The van der Waals surface area contributed by atoms with Crippen molar-refractivity contribution in [3.05, 3.63) is 53.2 Å². The number of aromatic nitrogens is 1. The molecule has 0 spiro atoms. The van der Waals surface area contributed by atoms with E-state index in [9.17, 15) is 0 Å². The first-order chi connectivity index (χ1) is 12.1. The molecule has 3 aromatic rings. The van der Waals surface area contributed by atoms with Crippen molar-refractivity contribution in [2.45, 2.75) is 26.9 Å². The summed E-state index contributed by atoms with van der Waals surface area (Å²) in [4.78, 5) is 7.38. The molecule has 0 radical (unpaired) electrons. The Labute approximate surface area is 148 Å². The predicted octanol–water partition coefficient (Wildman–Crippen LogP) is 4.14. The van der Waals surface area contributed by atoms with Gasteiger partial charge in [-0.05, 0) is 25.6 Å². The largest absolute Gasteiger partial charge is 0.496 e. The van der Waals surface area contributed by atoms with E-state index in [4.69, 9.17) is 15.5 Å². The predicted molar refractivity (Wildman–Crippen MR) is 103 cm³/mol. The van der Waals surface area contributed by atoms with E-state index >= 15 is 0 Å². The van der Waals surface area contributed by atoms with E-state index < -0.39 is 0 Å². The SMILES string of the molecule is CCN1Cc2nc3c(-c4cc(C)ccc4OC)cccc3c(N)c2C1.